The summed E-state index contributed by atoms with van der Waals surface area (Å²) < 4.78 is 0. The van der Waals surface area contributed by atoms with Gasteiger partial charge in [-0.1, -0.05) is 0 Å². The quantitative estimate of drug-likeness (QED) is 0.444. The first-order valence-electron chi connectivity index (χ1n) is 2.19. The summed E-state index contributed by atoms with van der Waals surface area (Å²) in [6.07, 6.45) is 0. The second-order valence-electron chi connectivity index (χ2n) is 1.62. The summed E-state index contributed by atoms with van der Waals surface area (Å²) in [5.41, 5.74) is 5.54. The van der Waals surface area contributed by atoms with Gasteiger partial charge < -0.3 is 5.73 Å². The number of hydrogen-bond donors (Lipinski definition) is 2. The van der Waals surface area contributed by atoms with Gasteiger partial charge in [-0.25, -0.2) is 0 Å². The van der Waals surface area contributed by atoms with Crippen molar-refractivity contribution in [1.29, 1.82) is 5.26 Å². The molecule has 0 bridgehead atoms. The van der Waals surface area contributed by atoms with E-state index in [4.69, 9.17) is 11.0 Å². The Hall–Kier alpha value is -1.12. The lowest BCUT2D eigenvalue weighted by molar-refractivity contribution is -0.141. The van der Waals surface area contributed by atoms with Crippen molar-refractivity contribution in [2.24, 2.45) is 5.73 Å². The minimum absolute atomic E-state index is 0.753. The van der Waals surface area contributed by atoms with Crippen molar-refractivity contribution < 1.29 is 9.63 Å². The van der Waals surface area contributed by atoms with E-state index in [1.807, 2.05) is 0 Å². The normalized spacial score (nSPS) is 32.3. The van der Waals surface area contributed by atoms with Gasteiger partial charge in [0.05, 0.1) is 0 Å². The van der Waals surface area contributed by atoms with Crippen molar-refractivity contribution in [1.82, 2.24) is 5.48 Å². The molecule has 1 fully saturated rings. The largest absolute Gasteiger partial charge is 0.367 e. The van der Waals surface area contributed by atoms with Gasteiger partial charge in [-0.2, -0.15) is 10.7 Å². The SMILES string of the molecule is N#CC1(C(N)=O)[CH]ON1. The van der Waals surface area contributed by atoms with E-state index in [1.165, 1.54) is 0 Å². The van der Waals surface area contributed by atoms with Crippen LogP contribution in [0, 0.1) is 17.9 Å². The summed E-state index contributed by atoms with van der Waals surface area (Å²) in [4.78, 5) is 14.7. The molecule has 47 valence electrons. The molecular formula is C4H4N3O2. The molecule has 5 nitrogen and oxygen atoms in total. The van der Waals surface area contributed by atoms with Crippen LogP contribution in [-0.2, 0) is 9.63 Å². The molecule has 3 N–H and O–H groups in total. The molecule has 0 aliphatic carbocycles. The number of hydroxylamine groups is 1. The number of nitrogens with one attached hydrogen (secondary N) is 1. The molecule has 0 saturated carbocycles. The lowest BCUT2D eigenvalue weighted by Gasteiger charge is -2.30. The Morgan fingerprint density at radius 2 is 2.56 bits per heavy atom. The second kappa shape index (κ2) is 1.69. The Morgan fingerprint density at radius 1 is 2.00 bits per heavy atom. The van der Waals surface area contributed by atoms with Crippen molar-refractivity contribution in [3.05, 3.63) is 6.61 Å². The molecule has 1 heterocycles. The average molecular weight is 126 g/mol. The molecule has 1 amide bonds. The smallest absolute Gasteiger partial charge is 0.257 e. The molecule has 1 unspecified atom stereocenters. The summed E-state index contributed by atoms with van der Waals surface area (Å²) in [5.74, 6) is -0.753. The third kappa shape index (κ3) is 0.650. The number of carbonyl (C=O) groups is 1. The molecule has 0 aromatic heterocycles. The number of nitriles is 1. The summed E-state index contributed by atoms with van der Waals surface area (Å²) in [5, 5.41) is 8.28. The molecule has 0 aromatic carbocycles. The average Bonchev–Trinajstić information content (AvgIpc) is 1.62. The number of hydrogen-bond acceptors (Lipinski definition) is 4. The molecule has 9 heavy (non-hydrogen) atoms. The predicted octanol–water partition coefficient (Wildman–Crippen LogP) is -1.57. The highest BCUT2D eigenvalue weighted by Gasteiger charge is 2.46. The summed E-state index contributed by atoms with van der Waals surface area (Å²) in [7, 11) is 0. The van der Waals surface area contributed by atoms with Crippen LogP contribution < -0.4 is 11.2 Å². The second-order valence-corrected chi connectivity index (χ2v) is 1.62. The lowest BCUT2D eigenvalue weighted by atomic mass is 10.0. The van der Waals surface area contributed by atoms with E-state index in [-0.39, 0.29) is 0 Å². The fourth-order valence-electron chi connectivity index (χ4n) is 0.389. The van der Waals surface area contributed by atoms with Crippen LogP contribution in [0.1, 0.15) is 0 Å². The molecule has 0 aromatic rings. The number of amides is 1. The zero-order valence-corrected chi connectivity index (χ0v) is 4.42. The highest BCUT2D eigenvalue weighted by molar-refractivity contribution is 5.90. The molecule has 1 atom stereocenters. The van der Waals surface area contributed by atoms with Crippen molar-refractivity contribution in [3.8, 4) is 6.07 Å². The van der Waals surface area contributed by atoms with E-state index in [0.29, 0.717) is 0 Å². The Labute approximate surface area is 51.3 Å². The minimum atomic E-state index is -1.39. The maximum Gasteiger partial charge on any atom is 0.257 e. The third-order valence-corrected chi connectivity index (χ3v) is 1.02. The van der Waals surface area contributed by atoms with Gasteiger partial charge in [-0.05, 0) is 0 Å². The number of nitrogens with zero attached hydrogens (tertiary/aromatic N) is 1. The number of nitrogens with two attached hydrogens (primary N) is 1. The number of rotatable bonds is 1. The lowest BCUT2D eigenvalue weighted by Crippen LogP contribution is -2.63. The first-order valence-corrected chi connectivity index (χ1v) is 2.19. The van der Waals surface area contributed by atoms with E-state index in [1.54, 1.807) is 6.07 Å². The maximum absolute atomic E-state index is 10.4. The van der Waals surface area contributed by atoms with Crippen LogP contribution in [0.5, 0.6) is 0 Å². The van der Waals surface area contributed by atoms with Gasteiger partial charge in [0.15, 0.2) is 6.61 Å². The molecular weight excluding hydrogens is 122 g/mol. The highest BCUT2D eigenvalue weighted by atomic mass is 16.7. The van der Waals surface area contributed by atoms with E-state index in [2.05, 4.69) is 10.3 Å². The predicted molar refractivity (Wildman–Crippen MR) is 26.1 cm³/mol. The van der Waals surface area contributed by atoms with Gasteiger partial charge in [-0.15, -0.1) is 0 Å². The summed E-state index contributed by atoms with van der Waals surface area (Å²) in [6, 6.07) is 1.65. The molecule has 0 spiro atoms. The summed E-state index contributed by atoms with van der Waals surface area (Å²) >= 11 is 0. The van der Waals surface area contributed by atoms with E-state index >= 15 is 0 Å². The molecule has 1 aliphatic rings. The van der Waals surface area contributed by atoms with E-state index in [0.717, 1.165) is 6.61 Å². The Morgan fingerprint density at radius 3 is 2.56 bits per heavy atom. The zero-order chi connectivity index (χ0) is 6.91. The molecule has 1 saturated heterocycles. The Kier molecular flexibility index (Phi) is 1.12. The first-order chi connectivity index (χ1) is 4.21. The van der Waals surface area contributed by atoms with E-state index in [9.17, 15) is 4.79 Å². The Balaban J connectivity index is 2.71. The van der Waals surface area contributed by atoms with Crippen molar-refractivity contribution >= 4 is 5.91 Å². The van der Waals surface area contributed by atoms with Crippen LogP contribution in [0.3, 0.4) is 0 Å². The topological polar surface area (TPSA) is 88.1 Å². The number of primary amides is 1. The van der Waals surface area contributed by atoms with Gasteiger partial charge in [0.2, 0.25) is 5.54 Å². The molecule has 1 rings (SSSR count). The van der Waals surface area contributed by atoms with Gasteiger partial charge in [0.1, 0.15) is 6.07 Å². The molecule has 1 radical (unpaired) electrons. The van der Waals surface area contributed by atoms with Crippen LogP contribution in [0.15, 0.2) is 0 Å². The van der Waals surface area contributed by atoms with Crippen molar-refractivity contribution in [2.45, 2.75) is 5.54 Å². The number of carbonyl (C=O) groups excluding carboxylic acids is 1. The van der Waals surface area contributed by atoms with Gasteiger partial charge >= 0.3 is 0 Å². The third-order valence-electron chi connectivity index (χ3n) is 1.02. The van der Waals surface area contributed by atoms with Crippen molar-refractivity contribution in [3.63, 3.8) is 0 Å². The van der Waals surface area contributed by atoms with Gasteiger partial charge in [0, 0.05) is 0 Å². The summed E-state index contributed by atoms with van der Waals surface area (Å²) in [6.45, 7) is 1.05. The fraction of sp³-hybridized carbons (Fsp3) is 0.250. The Bertz CT molecular complexity index is 179. The zero-order valence-electron chi connectivity index (χ0n) is 4.42. The first kappa shape index (κ1) is 6.01. The fourth-order valence-corrected chi connectivity index (χ4v) is 0.389. The van der Waals surface area contributed by atoms with E-state index < -0.39 is 11.4 Å². The maximum atomic E-state index is 10.4. The van der Waals surface area contributed by atoms with Crippen LogP contribution in [0.2, 0.25) is 0 Å². The van der Waals surface area contributed by atoms with Gasteiger partial charge in [-0.3, -0.25) is 9.63 Å². The van der Waals surface area contributed by atoms with Crippen LogP contribution >= 0.6 is 0 Å². The van der Waals surface area contributed by atoms with Gasteiger partial charge in [0.25, 0.3) is 5.91 Å². The monoisotopic (exact) mass is 126 g/mol. The highest BCUT2D eigenvalue weighted by Crippen LogP contribution is 2.16. The van der Waals surface area contributed by atoms with Crippen molar-refractivity contribution in [2.75, 3.05) is 0 Å². The van der Waals surface area contributed by atoms with Crippen LogP contribution in [0.4, 0.5) is 0 Å². The molecule has 1 aliphatic heterocycles. The van der Waals surface area contributed by atoms with Crippen LogP contribution in [0.25, 0.3) is 0 Å². The minimum Gasteiger partial charge on any atom is -0.367 e. The molecule has 5 heteroatoms. The van der Waals surface area contributed by atoms with Crippen LogP contribution in [-0.4, -0.2) is 11.4 Å². The standard InChI is InChI=1S/C4H4N3O2/c5-1-4(3(6)8)2-9-7-4/h2,7H,(H2,6,8).